The van der Waals surface area contributed by atoms with Crippen LogP contribution in [0.3, 0.4) is 0 Å². The van der Waals surface area contributed by atoms with Gasteiger partial charge in [-0.05, 0) is 12.1 Å². The molecule has 0 radical (unpaired) electrons. The van der Waals surface area contributed by atoms with Gasteiger partial charge in [0.2, 0.25) is 5.88 Å². The van der Waals surface area contributed by atoms with Gasteiger partial charge in [0, 0.05) is 15.8 Å². The van der Waals surface area contributed by atoms with Crippen LogP contribution < -0.4 is 10.5 Å². The van der Waals surface area contributed by atoms with Crippen molar-refractivity contribution in [1.29, 1.82) is 0 Å². The van der Waals surface area contributed by atoms with Crippen LogP contribution in [0.15, 0.2) is 42.7 Å². The first-order valence-corrected chi connectivity index (χ1v) is 6.53. The van der Waals surface area contributed by atoms with E-state index in [2.05, 4.69) is 9.97 Å². The molecule has 0 atom stereocenters. The van der Waals surface area contributed by atoms with Crippen LogP contribution in [0.1, 0.15) is 0 Å². The van der Waals surface area contributed by atoms with Gasteiger partial charge in [-0.2, -0.15) is 4.98 Å². The number of hydrogen-bond donors (Lipinski definition) is 1. The summed E-state index contributed by atoms with van der Waals surface area (Å²) in [6, 6.07) is 11.2. The van der Waals surface area contributed by atoms with E-state index in [1.165, 1.54) is 6.33 Å². The minimum absolute atomic E-state index is 0.176. The zero-order chi connectivity index (χ0) is 14.1. The molecule has 0 aliphatic carbocycles. The van der Waals surface area contributed by atoms with Gasteiger partial charge in [-0.1, -0.05) is 47.5 Å². The minimum atomic E-state index is 0.176. The van der Waals surface area contributed by atoms with Crippen LogP contribution >= 0.6 is 23.2 Å². The maximum Gasteiger partial charge on any atom is 0.243 e. The summed E-state index contributed by atoms with van der Waals surface area (Å²) in [7, 11) is 0. The number of ether oxygens (including phenoxy) is 1. The van der Waals surface area contributed by atoms with Crippen LogP contribution in [0, 0.1) is 0 Å². The summed E-state index contributed by atoms with van der Waals surface area (Å²) in [6.45, 7) is 0. The molecule has 1 heterocycles. The first-order chi connectivity index (χ1) is 9.66. The number of anilines is 1. The quantitative estimate of drug-likeness (QED) is 0.766. The van der Waals surface area contributed by atoms with Crippen LogP contribution in [-0.2, 0) is 0 Å². The highest BCUT2D eigenvalue weighted by Gasteiger charge is 2.11. The largest absolute Gasteiger partial charge is 0.437 e. The maximum atomic E-state index is 6.16. The second-order valence-corrected chi connectivity index (χ2v) is 4.86. The van der Waals surface area contributed by atoms with Crippen molar-refractivity contribution in [2.24, 2.45) is 0 Å². The molecule has 0 aliphatic rings. The Hall–Kier alpha value is -2.04. The third-order valence-corrected chi connectivity index (χ3v) is 3.51. The van der Waals surface area contributed by atoms with Crippen molar-refractivity contribution in [1.82, 2.24) is 9.97 Å². The number of nitrogens with zero attached hydrogens (tertiary/aromatic N) is 2. The van der Waals surface area contributed by atoms with E-state index in [0.29, 0.717) is 10.8 Å². The molecule has 0 saturated heterocycles. The smallest absolute Gasteiger partial charge is 0.243 e. The normalized spacial score (nSPS) is 10.7. The van der Waals surface area contributed by atoms with Crippen molar-refractivity contribution < 1.29 is 4.74 Å². The molecule has 0 spiro atoms. The molecule has 0 bridgehead atoms. The Morgan fingerprint density at radius 2 is 1.70 bits per heavy atom. The lowest BCUT2D eigenvalue weighted by atomic mass is 10.1. The Kier molecular flexibility index (Phi) is 3.34. The first-order valence-electron chi connectivity index (χ1n) is 5.78. The summed E-state index contributed by atoms with van der Waals surface area (Å²) in [4.78, 5) is 7.78. The van der Waals surface area contributed by atoms with E-state index in [1.54, 1.807) is 12.1 Å². The fraction of sp³-hybridized carbons (Fsp3) is 0. The van der Waals surface area contributed by atoms with Crippen molar-refractivity contribution in [3.63, 3.8) is 0 Å². The van der Waals surface area contributed by atoms with E-state index >= 15 is 0 Å². The number of nitrogens with two attached hydrogens (primary N) is 1. The van der Waals surface area contributed by atoms with Gasteiger partial charge in [0.1, 0.15) is 22.9 Å². The molecule has 0 aliphatic heterocycles. The second kappa shape index (κ2) is 5.15. The van der Waals surface area contributed by atoms with Crippen molar-refractivity contribution in [3.8, 4) is 11.6 Å². The van der Waals surface area contributed by atoms with Crippen molar-refractivity contribution >= 4 is 39.8 Å². The van der Waals surface area contributed by atoms with E-state index in [1.807, 2.05) is 24.3 Å². The van der Waals surface area contributed by atoms with E-state index in [9.17, 15) is 0 Å². The van der Waals surface area contributed by atoms with Crippen molar-refractivity contribution in [2.75, 3.05) is 5.73 Å². The summed E-state index contributed by atoms with van der Waals surface area (Å²) in [6.07, 6.45) is 1.30. The number of benzene rings is 2. The van der Waals surface area contributed by atoms with Gasteiger partial charge < -0.3 is 10.5 Å². The number of aromatic nitrogens is 2. The molecular weight excluding hydrogens is 297 g/mol. The standard InChI is InChI=1S/C14H9Cl2N3O/c15-10-5-6-11(9-4-2-1-3-8(9)10)20-14-12(16)13(17)18-7-19-14/h1-7H,(H2,17,18,19). The van der Waals surface area contributed by atoms with Gasteiger partial charge in [-0.15, -0.1) is 0 Å². The molecule has 3 rings (SSSR count). The van der Waals surface area contributed by atoms with Crippen LogP contribution in [0.25, 0.3) is 10.8 Å². The molecular formula is C14H9Cl2N3O. The molecule has 0 amide bonds. The molecule has 0 fully saturated rings. The van der Waals surface area contributed by atoms with Gasteiger partial charge in [-0.25, -0.2) is 4.98 Å². The molecule has 6 heteroatoms. The molecule has 4 nitrogen and oxygen atoms in total. The summed E-state index contributed by atoms with van der Waals surface area (Å²) in [5.74, 6) is 0.992. The van der Waals surface area contributed by atoms with Gasteiger partial charge in [0.25, 0.3) is 0 Å². The third kappa shape index (κ3) is 2.24. The number of hydrogen-bond acceptors (Lipinski definition) is 4. The molecule has 0 unspecified atom stereocenters. The van der Waals surface area contributed by atoms with Crippen LogP contribution in [0.4, 0.5) is 5.82 Å². The van der Waals surface area contributed by atoms with E-state index < -0.39 is 0 Å². The molecule has 1 aromatic heterocycles. The lowest BCUT2D eigenvalue weighted by molar-refractivity contribution is 0.467. The first kappa shape index (κ1) is 13.0. The SMILES string of the molecule is Nc1ncnc(Oc2ccc(Cl)c3ccccc23)c1Cl. The van der Waals surface area contributed by atoms with Crippen LogP contribution in [-0.4, -0.2) is 9.97 Å². The fourth-order valence-electron chi connectivity index (χ4n) is 1.87. The highest BCUT2D eigenvalue weighted by atomic mass is 35.5. The minimum Gasteiger partial charge on any atom is -0.437 e. The number of fused-ring (bicyclic) bond motifs is 1. The molecule has 100 valence electrons. The summed E-state index contributed by atoms with van der Waals surface area (Å²) < 4.78 is 5.74. The average molecular weight is 306 g/mol. The lowest BCUT2D eigenvalue weighted by Gasteiger charge is -2.10. The predicted octanol–water partition coefficient (Wildman–Crippen LogP) is 4.31. The average Bonchev–Trinajstić information content (AvgIpc) is 2.47. The van der Waals surface area contributed by atoms with Gasteiger partial charge >= 0.3 is 0 Å². The van der Waals surface area contributed by atoms with Crippen molar-refractivity contribution in [3.05, 3.63) is 52.8 Å². The molecule has 20 heavy (non-hydrogen) atoms. The third-order valence-electron chi connectivity index (χ3n) is 2.82. The molecule has 0 saturated carbocycles. The van der Waals surface area contributed by atoms with E-state index in [-0.39, 0.29) is 16.7 Å². The number of rotatable bonds is 2. The Morgan fingerprint density at radius 1 is 0.950 bits per heavy atom. The Bertz CT molecular complexity index is 792. The highest BCUT2D eigenvalue weighted by Crippen LogP contribution is 2.36. The number of nitrogen functional groups attached to an aromatic ring is 1. The zero-order valence-electron chi connectivity index (χ0n) is 10.2. The number of halogens is 2. The maximum absolute atomic E-state index is 6.16. The van der Waals surface area contributed by atoms with Crippen LogP contribution in [0.5, 0.6) is 11.6 Å². The van der Waals surface area contributed by atoms with Crippen molar-refractivity contribution in [2.45, 2.75) is 0 Å². The fourth-order valence-corrected chi connectivity index (χ4v) is 2.23. The van der Waals surface area contributed by atoms with Gasteiger partial charge in [0.05, 0.1) is 0 Å². The molecule has 2 aromatic carbocycles. The zero-order valence-corrected chi connectivity index (χ0v) is 11.7. The van der Waals surface area contributed by atoms with Gasteiger partial charge in [-0.3, -0.25) is 0 Å². The highest BCUT2D eigenvalue weighted by molar-refractivity contribution is 6.36. The molecule has 3 aromatic rings. The van der Waals surface area contributed by atoms with E-state index in [4.69, 9.17) is 33.7 Å². The second-order valence-electron chi connectivity index (χ2n) is 4.07. The van der Waals surface area contributed by atoms with Crippen LogP contribution in [0.2, 0.25) is 10.0 Å². The Morgan fingerprint density at radius 3 is 2.50 bits per heavy atom. The monoisotopic (exact) mass is 305 g/mol. The summed E-state index contributed by atoms with van der Waals surface area (Å²) in [5.41, 5.74) is 5.63. The Labute approximate surface area is 125 Å². The topological polar surface area (TPSA) is 61.0 Å². The molecule has 2 N–H and O–H groups in total. The van der Waals surface area contributed by atoms with Gasteiger partial charge in [0.15, 0.2) is 0 Å². The summed E-state index contributed by atoms with van der Waals surface area (Å²) >= 11 is 12.2. The predicted molar refractivity (Wildman–Crippen MR) is 80.5 cm³/mol. The summed E-state index contributed by atoms with van der Waals surface area (Å²) in [5, 5.41) is 2.60. The van der Waals surface area contributed by atoms with E-state index in [0.717, 1.165) is 10.8 Å². The Balaban J connectivity index is 2.12. The lowest BCUT2D eigenvalue weighted by Crippen LogP contribution is -1.96.